The molecule has 0 radical (unpaired) electrons. The van der Waals surface area contributed by atoms with Crippen molar-refractivity contribution >= 4 is 17.3 Å². The van der Waals surface area contributed by atoms with Gasteiger partial charge < -0.3 is 15.7 Å². The number of carboxylic acids is 1. The van der Waals surface area contributed by atoms with Crippen molar-refractivity contribution in [2.45, 2.75) is 45.2 Å². The van der Waals surface area contributed by atoms with E-state index in [1.807, 2.05) is 6.07 Å². The molecule has 2 rings (SSSR count). The molecule has 1 aliphatic rings. The normalized spacial score (nSPS) is 24.0. The van der Waals surface area contributed by atoms with E-state index >= 15 is 0 Å². The zero-order valence-electron chi connectivity index (χ0n) is 10.9. The second kappa shape index (κ2) is 4.88. The number of hydrogen-bond acceptors (Lipinski definition) is 3. The van der Waals surface area contributed by atoms with E-state index in [9.17, 15) is 4.79 Å². The summed E-state index contributed by atoms with van der Waals surface area (Å²) < 4.78 is 0. The average molecular weight is 248 g/mol. The van der Waals surface area contributed by atoms with Crippen molar-refractivity contribution in [3.05, 3.63) is 23.8 Å². The van der Waals surface area contributed by atoms with Crippen LogP contribution in [0.5, 0.6) is 0 Å². The minimum atomic E-state index is -0.937. The fraction of sp³-hybridized carbons (Fsp3) is 0.500. The Morgan fingerprint density at radius 1 is 1.33 bits per heavy atom. The Kier molecular flexibility index (Phi) is 3.45. The Labute approximate surface area is 107 Å². The Balaban J connectivity index is 2.35. The fourth-order valence-electron chi connectivity index (χ4n) is 2.82. The molecule has 1 aliphatic heterocycles. The summed E-state index contributed by atoms with van der Waals surface area (Å²) in [7, 11) is 0. The quantitative estimate of drug-likeness (QED) is 0.790. The minimum Gasteiger partial charge on any atom is -0.478 e. The molecule has 98 valence electrons. The maximum absolute atomic E-state index is 10.9. The standard InChI is InChI=1S/C14H20N2O2/c1-9-4-3-5-10(2)16(9)13-7-6-11(14(17)18)8-12(13)15/h6-10H,3-5,15H2,1-2H3,(H,17,18). The van der Waals surface area contributed by atoms with Gasteiger partial charge in [-0.3, -0.25) is 0 Å². The van der Waals surface area contributed by atoms with E-state index in [1.165, 1.54) is 6.42 Å². The fourth-order valence-corrected chi connectivity index (χ4v) is 2.82. The average Bonchev–Trinajstić information content (AvgIpc) is 2.30. The van der Waals surface area contributed by atoms with Gasteiger partial charge in [0.2, 0.25) is 0 Å². The lowest BCUT2D eigenvalue weighted by Crippen LogP contribution is -2.44. The third-order valence-electron chi connectivity index (χ3n) is 3.75. The van der Waals surface area contributed by atoms with Gasteiger partial charge in [-0.15, -0.1) is 0 Å². The smallest absolute Gasteiger partial charge is 0.335 e. The number of carboxylic acid groups (broad SMARTS) is 1. The summed E-state index contributed by atoms with van der Waals surface area (Å²) in [6.45, 7) is 4.39. The van der Waals surface area contributed by atoms with Crippen LogP contribution in [0.25, 0.3) is 0 Å². The summed E-state index contributed by atoms with van der Waals surface area (Å²) in [6, 6.07) is 5.91. The van der Waals surface area contributed by atoms with Crippen molar-refractivity contribution in [2.75, 3.05) is 10.6 Å². The molecule has 0 saturated carbocycles. The van der Waals surface area contributed by atoms with Crippen LogP contribution in [0.15, 0.2) is 18.2 Å². The number of nitrogen functional groups attached to an aromatic ring is 1. The molecule has 1 fully saturated rings. The largest absolute Gasteiger partial charge is 0.478 e. The summed E-state index contributed by atoms with van der Waals surface area (Å²) in [5.74, 6) is -0.937. The number of hydrogen-bond donors (Lipinski definition) is 2. The van der Waals surface area contributed by atoms with Crippen LogP contribution in [0.2, 0.25) is 0 Å². The third kappa shape index (κ3) is 2.28. The number of anilines is 2. The molecule has 0 aromatic heterocycles. The molecule has 0 spiro atoms. The Morgan fingerprint density at radius 2 is 1.94 bits per heavy atom. The summed E-state index contributed by atoms with van der Waals surface area (Å²) in [6.07, 6.45) is 3.56. The van der Waals surface area contributed by atoms with Crippen molar-refractivity contribution in [1.82, 2.24) is 0 Å². The second-order valence-electron chi connectivity index (χ2n) is 5.11. The van der Waals surface area contributed by atoms with Crippen LogP contribution in [0.3, 0.4) is 0 Å². The highest BCUT2D eigenvalue weighted by atomic mass is 16.4. The lowest BCUT2D eigenvalue weighted by atomic mass is 9.96. The van der Waals surface area contributed by atoms with Crippen LogP contribution in [0, 0.1) is 0 Å². The van der Waals surface area contributed by atoms with Crippen molar-refractivity contribution in [3.63, 3.8) is 0 Å². The van der Waals surface area contributed by atoms with Gasteiger partial charge >= 0.3 is 5.97 Å². The van der Waals surface area contributed by atoms with Crippen LogP contribution >= 0.6 is 0 Å². The molecule has 1 saturated heterocycles. The molecule has 0 aliphatic carbocycles. The molecule has 1 aromatic rings. The molecular weight excluding hydrogens is 228 g/mol. The molecule has 1 heterocycles. The van der Waals surface area contributed by atoms with Crippen molar-refractivity contribution in [1.29, 1.82) is 0 Å². The van der Waals surface area contributed by atoms with Crippen LogP contribution in [0.1, 0.15) is 43.5 Å². The number of rotatable bonds is 2. The second-order valence-corrected chi connectivity index (χ2v) is 5.11. The summed E-state index contributed by atoms with van der Waals surface area (Å²) in [4.78, 5) is 13.2. The van der Waals surface area contributed by atoms with Gasteiger partial charge in [0.05, 0.1) is 16.9 Å². The number of benzene rings is 1. The van der Waals surface area contributed by atoms with E-state index in [2.05, 4.69) is 18.7 Å². The van der Waals surface area contributed by atoms with Crippen molar-refractivity contribution < 1.29 is 9.90 Å². The molecule has 2 atom stereocenters. The van der Waals surface area contributed by atoms with Gasteiger partial charge in [0, 0.05) is 12.1 Å². The number of nitrogens with two attached hydrogens (primary N) is 1. The molecular formula is C14H20N2O2. The zero-order chi connectivity index (χ0) is 13.3. The Hall–Kier alpha value is -1.71. The third-order valence-corrected chi connectivity index (χ3v) is 3.75. The number of carbonyl (C=O) groups is 1. The maximum atomic E-state index is 10.9. The number of aromatic carboxylic acids is 1. The highest BCUT2D eigenvalue weighted by molar-refractivity contribution is 5.90. The highest BCUT2D eigenvalue weighted by Crippen LogP contribution is 2.33. The molecule has 4 nitrogen and oxygen atoms in total. The van der Waals surface area contributed by atoms with E-state index < -0.39 is 5.97 Å². The molecule has 4 heteroatoms. The Bertz CT molecular complexity index is 449. The van der Waals surface area contributed by atoms with Gasteiger partial charge in [0.1, 0.15) is 0 Å². The first kappa shape index (κ1) is 12.7. The van der Waals surface area contributed by atoms with Gasteiger partial charge in [-0.2, -0.15) is 0 Å². The zero-order valence-corrected chi connectivity index (χ0v) is 10.9. The minimum absolute atomic E-state index is 0.244. The molecule has 18 heavy (non-hydrogen) atoms. The van der Waals surface area contributed by atoms with Crippen molar-refractivity contribution in [2.24, 2.45) is 0 Å². The first-order chi connectivity index (χ1) is 8.50. The van der Waals surface area contributed by atoms with Gasteiger partial charge in [0.25, 0.3) is 0 Å². The molecule has 0 amide bonds. The molecule has 3 N–H and O–H groups in total. The van der Waals surface area contributed by atoms with E-state index in [-0.39, 0.29) is 5.56 Å². The van der Waals surface area contributed by atoms with Crippen molar-refractivity contribution in [3.8, 4) is 0 Å². The van der Waals surface area contributed by atoms with E-state index in [4.69, 9.17) is 10.8 Å². The molecule has 2 unspecified atom stereocenters. The SMILES string of the molecule is CC1CCCC(C)N1c1ccc(C(=O)O)cc1N. The number of piperidine rings is 1. The van der Waals surface area contributed by atoms with E-state index in [1.54, 1.807) is 12.1 Å². The lowest BCUT2D eigenvalue weighted by Gasteiger charge is -2.41. The summed E-state index contributed by atoms with van der Waals surface area (Å²) >= 11 is 0. The number of nitrogens with zero attached hydrogens (tertiary/aromatic N) is 1. The monoisotopic (exact) mass is 248 g/mol. The molecule has 1 aromatic carbocycles. The van der Waals surface area contributed by atoms with E-state index in [0.717, 1.165) is 18.5 Å². The lowest BCUT2D eigenvalue weighted by molar-refractivity contribution is 0.0697. The Morgan fingerprint density at radius 3 is 2.44 bits per heavy atom. The van der Waals surface area contributed by atoms with Crippen LogP contribution in [0.4, 0.5) is 11.4 Å². The maximum Gasteiger partial charge on any atom is 0.335 e. The van der Waals surface area contributed by atoms with Crippen LogP contribution < -0.4 is 10.6 Å². The van der Waals surface area contributed by atoms with Gasteiger partial charge in [-0.25, -0.2) is 4.79 Å². The topological polar surface area (TPSA) is 66.6 Å². The summed E-state index contributed by atoms with van der Waals surface area (Å²) in [5.41, 5.74) is 7.76. The predicted molar refractivity (Wildman–Crippen MR) is 73.1 cm³/mol. The first-order valence-corrected chi connectivity index (χ1v) is 6.42. The van der Waals surface area contributed by atoms with Crippen LogP contribution in [-0.4, -0.2) is 23.2 Å². The van der Waals surface area contributed by atoms with Gasteiger partial charge in [-0.1, -0.05) is 0 Å². The predicted octanol–water partition coefficient (Wildman–Crippen LogP) is 2.73. The highest BCUT2D eigenvalue weighted by Gasteiger charge is 2.26. The van der Waals surface area contributed by atoms with Gasteiger partial charge in [-0.05, 0) is 51.3 Å². The molecule has 0 bridgehead atoms. The first-order valence-electron chi connectivity index (χ1n) is 6.42. The van der Waals surface area contributed by atoms with Gasteiger partial charge in [0.15, 0.2) is 0 Å². The summed E-state index contributed by atoms with van der Waals surface area (Å²) in [5, 5.41) is 8.95. The van der Waals surface area contributed by atoms with Crippen LogP contribution in [-0.2, 0) is 0 Å². The van der Waals surface area contributed by atoms with E-state index in [0.29, 0.717) is 17.8 Å².